The predicted octanol–water partition coefficient (Wildman–Crippen LogP) is 0.701. The van der Waals surface area contributed by atoms with Gasteiger partial charge in [-0.3, -0.25) is 4.40 Å². The SMILES string of the molecule is Cc1nc2cccc(N(C)C)n2c1C(O)CN. The number of rotatable bonds is 3. The molecule has 0 bridgehead atoms. The van der Waals surface area contributed by atoms with Crippen LogP contribution in [0.1, 0.15) is 17.5 Å². The van der Waals surface area contributed by atoms with Crippen molar-refractivity contribution in [1.29, 1.82) is 0 Å². The topological polar surface area (TPSA) is 66.8 Å². The maximum atomic E-state index is 10.00. The first kappa shape index (κ1) is 11.9. The average molecular weight is 234 g/mol. The van der Waals surface area contributed by atoms with Crippen LogP contribution >= 0.6 is 0 Å². The summed E-state index contributed by atoms with van der Waals surface area (Å²) in [5, 5.41) is 10.00. The van der Waals surface area contributed by atoms with Gasteiger partial charge in [-0.1, -0.05) is 6.07 Å². The second-order valence-electron chi connectivity index (χ2n) is 4.31. The first-order valence-corrected chi connectivity index (χ1v) is 5.59. The van der Waals surface area contributed by atoms with Gasteiger partial charge in [0.1, 0.15) is 17.6 Å². The number of pyridine rings is 1. The summed E-state index contributed by atoms with van der Waals surface area (Å²) in [5.41, 5.74) is 7.96. The minimum atomic E-state index is -0.689. The Bertz CT molecular complexity index is 533. The van der Waals surface area contributed by atoms with Gasteiger partial charge in [0.15, 0.2) is 0 Å². The molecule has 2 rings (SSSR count). The van der Waals surface area contributed by atoms with Gasteiger partial charge in [0.2, 0.25) is 0 Å². The Hall–Kier alpha value is -1.59. The van der Waals surface area contributed by atoms with Crippen molar-refractivity contribution in [3.8, 4) is 0 Å². The molecule has 2 aromatic heterocycles. The van der Waals surface area contributed by atoms with Crippen molar-refractivity contribution >= 4 is 11.5 Å². The molecule has 5 heteroatoms. The van der Waals surface area contributed by atoms with Gasteiger partial charge < -0.3 is 15.7 Å². The lowest BCUT2D eigenvalue weighted by molar-refractivity contribution is 0.180. The zero-order valence-corrected chi connectivity index (χ0v) is 10.4. The molecule has 2 aromatic rings. The van der Waals surface area contributed by atoms with Gasteiger partial charge in [0.25, 0.3) is 0 Å². The lowest BCUT2D eigenvalue weighted by Crippen LogP contribution is -2.18. The molecule has 0 spiro atoms. The van der Waals surface area contributed by atoms with E-state index in [1.165, 1.54) is 0 Å². The van der Waals surface area contributed by atoms with Gasteiger partial charge in [-0.15, -0.1) is 0 Å². The number of aromatic nitrogens is 2. The van der Waals surface area contributed by atoms with Crippen molar-refractivity contribution in [2.45, 2.75) is 13.0 Å². The number of nitrogens with zero attached hydrogens (tertiary/aromatic N) is 3. The van der Waals surface area contributed by atoms with Crippen LogP contribution in [-0.2, 0) is 0 Å². The molecule has 1 unspecified atom stereocenters. The molecule has 2 heterocycles. The molecule has 5 nitrogen and oxygen atoms in total. The largest absolute Gasteiger partial charge is 0.385 e. The minimum absolute atomic E-state index is 0.191. The number of anilines is 1. The third-order valence-corrected chi connectivity index (χ3v) is 2.84. The Labute approximate surface area is 100 Å². The number of hydrogen-bond acceptors (Lipinski definition) is 4. The van der Waals surface area contributed by atoms with Crippen LogP contribution in [0.3, 0.4) is 0 Å². The van der Waals surface area contributed by atoms with E-state index in [1.54, 1.807) is 0 Å². The van der Waals surface area contributed by atoms with Crippen molar-refractivity contribution in [1.82, 2.24) is 9.38 Å². The van der Waals surface area contributed by atoms with E-state index in [1.807, 2.05) is 48.5 Å². The zero-order chi connectivity index (χ0) is 12.6. The number of aliphatic hydroxyl groups is 1. The normalized spacial score (nSPS) is 13.0. The molecule has 92 valence electrons. The van der Waals surface area contributed by atoms with E-state index in [2.05, 4.69) is 4.98 Å². The molecule has 0 saturated heterocycles. The highest BCUT2D eigenvalue weighted by atomic mass is 16.3. The van der Waals surface area contributed by atoms with Gasteiger partial charge in [-0.2, -0.15) is 0 Å². The number of hydrogen-bond donors (Lipinski definition) is 2. The van der Waals surface area contributed by atoms with Crippen molar-refractivity contribution in [2.24, 2.45) is 5.73 Å². The number of aryl methyl sites for hydroxylation is 1. The molecule has 3 N–H and O–H groups in total. The lowest BCUT2D eigenvalue weighted by atomic mass is 10.2. The van der Waals surface area contributed by atoms with Gasteiger partial charge in [0.05, 0.1) is 11.4 Å². The van der Waals surface area contributed by atoms with E-state index in [0.29, 0.717) is 0 Å². The van der Waals surface area contributed by atoms with E-state index in [0.717, 1.165) is 22.9 Å². The van der Waals surface area contributed by atoms with Gasteiger partial charge >= 0.3 is 0 Å². The fourth-order valence-corrected chi connectivity index (χ4v) is 2.06. The maximum Gasteiger partial charge on any atom is 0.138 e. The van der Waals surface area contributed by atoms with Crippen LogP contribution in [0.2, 0.25) is 0 Å². The van der Waals surface area contributed by atoms with E-state index in [-0.39, 0.29) is 6.54 Å². The van der Waals surface area contributed by atoms with E-state index < -0.39 is 6.10 Å². The van der Waals surface area contributed by atoms with Crippen LogP contribution in [0, 0.1) is 6.92 Å². The Morgan fingerprint density at radius 1 is 1.47 bits per heavy atom. The van der Waals surface area contributed by atoms with Crippen LogP contribution in [0.4, 0.5) is 5.82 Å². The predicted molar refractivity (Wildman–Crippen MR) is 68.3 cm³/mol. The minimum Gasteiger partial charge on any atom is -0.385 e. The zero-order valence-electron chi connectivity index (χ0n) is 10.4. The quantitative estimate of drug-likeness (QED) is 0.820. The summed E-state index contributed by atoms with van der Waals surface area (Å²) in [7, 11) is 3.92. The highest BCUT2D eigenvalue weighted by Gasteiger charge is 2.18. The maximum absolute atomic E-state index is 10.00. The lowest BCUT2D eigenvalue weighted by Gasteiger charge is -2.18. The Morgan fingerprint density at radius 3 is 2.76 bits per heavy atom. The van der Waals surface area contributed by atoms with Crippen LogP contribution in [0.25, 0.3) is 5.65 Å². The molecule has 0 fully saturated rings. The van der Waals surface area contributed by atoms with Crippen molar-refractivity contribution in [3.05, 3.63) is 29.6 Å². The second kappa shape index (κ2) is 4.35. The number of aliphatic hydroxyl groups excluding tert-OH is 1. The van der Waals surface area contributed by atoms with E-state index >= 15 is 0 Å². The first-order chi connectivity index (χ1) is 8.06. The Morgan fingerprint density at radius 2 is 2.18 bits per heavy atom. The first-order valence-electron chi connectivity index (χ1n) is 5.59. The van der Waals surface area contributed by atoms with Crippen molar-refractivity contribution < 1.29 is 5.11 Å². The third kappa shape index (κ3) is 1.87. The van der Waals surface area contributed by atoms with Crippen LogP contribution < -0.4 is 10.6 Å². The second-order valence-corrected chi connectivity index (χ2v) is 4.31. The van der Waals surface area contributed by atoms with Gasteiger partial charge in [0, 0.05) is 20.6 Å². The molecule has 1 atom stereocenters. The van der Waals surface area contributed by atoms with Crippen LogP contribution in [0.15, 0.2) is 18.2 Å². The summed E-state index contributed by atoms with van der Waals surface area (Å²) < 4.78 is 1.95. The molecule has 0 aromatic carbocycles. The molecule has 0 saturated carbocycles. The van der Waals surface area contributed by atoms with E-state index in [4.69, 9.17) is 5.73 Å². The number of imidazole rings is 1. The number of nitrogens with two attached hydrogens (primary N) is 1. The summed E-state index contributed by atoms with van der Waals surface area (Å²) in [5.74, 6) is 0.977. The Kier molecular flexibility index (Phi) is 3.04. The Balaban J connectivity index is 2.77. The molecule has 0 radical (unpaired) electrons. The molecule has 17 heavy (non-hydrogen) atoms. The summed E-state index contributed by atoms with van der Waals surface area (Å²) in [4.78, 5) is 6.43. The van der Waals surface area contributed by atoms with E-state index in [9.17, 15) is 5.11 Å². The average Bonchev–Trinajstić information content (AvgIpc) is 2.63. The third-order valence-electron chi connectivity index (χ3n) is 2.84. The highest BCUT2D eigenvalue weighted by Crippen LogP contribution is 2.24. The van der Waals surface area contributed by atoms with Crippen LogP contribution in [0.5, 0.6) is 0 Å². The molecule has 0 aliphatic heterocycles. The number of fused-ring (bicyclic) bond motifs is 1. The fourth-order valence-electron chi connectivity index (χ4n) is 2.06. The standard InChI is InChI=1S/C12H18N4O/c1-8-12(9(17)7-13)16-10(14-8)5-4-6-11(16)15(2)3/h4-6,9,17H,7,13H2,1-3H3. The monoisotopic (exact) mass is 234 g/mol. The van der Waals surface area contributed by atoms with Gasteiger partial charge in [-0.25, -0.2) is 4.98 Å². The highest BCUT2D eigenvalue weighted by molar-refractivity contribution is 5.54. The molecule has 0 aliphatic carbocycles. The summed E-state index contributed by atoms with van der Waals surface area (Å²) in [6.07, 6.45) is -0.689. The fraction of sp³-hybridized carbons (Fsp3) is 0.417. The summed E-state index contributed by atoms with van der Waals surface area (Å²) >= 11 is 0. The molecule has 0 amide bonds. The van der Waals surface area contributed by atoms with Crippen molar-refractivity contribution in [3.63, 3.8) is 0 Å². The molecule has 0 aliphatic rings. The summed E-state index contributed by atoms with van der Waals surface area (Å²) in [6, 6.07) is 5.86. The van der Waals surface area contributed by atoms with Crippen LogP contribution in [-0.4, -0.2) is 35.1 Å². The molecular formula is C12H18N4O. The van der Waals surface area contributed by atoms with Gasteiger partial charge in [-0.05, 0) is 19.1 Å². The smallest absolute Gasteiger partial charge is 0.138 e. The molecular weight excluding hydrogens is 216 g/mol. The summed E-state index contributed by atoms with van der Waals surface area (Å²) in [6.45, 7) is 2.08. The van der Waals surface area contributed by atoms with Crippen molar-refractivity contribution in [2.75, 3.05) is 25.5 Å².